The van der Waals surface area contributed by atoms with Gasteiger partial charge in [-0.3, -0.25) is 0 Å². The van der Waals surface area contributed by atoms with Crippen molar-refractivity contribution in [2.45, 2.75) is 47.1 Å². The Morgan fingerprint density at radius 3 is 1.80 bits per heavy atom. The van der Waals surface area contributed by atoms with E-state index in [1.807, 2.05) is 13.8 Å². The van der Waals surface area contributed by atoms with Gasteiger partial charge in [0, 0.05) is 5.92 Å². The molecular formula is C16H24O3S. The Morgan fingerprint density at radius 2 is 1.40 bits per heavy atom. The maximum absolute atomic E-state index is 11.6. The summed E-state index contributed by atoms with van der Waals surface area (Å²) in [6.45, 7) is 10.3. The molecule has 4 heteroatoms. The molecule has 1 fully saturated rings. The highest BCUT2D eigenvalue weighted by Gasteiger charge is 2.35. The van der Waals surface area contributed by atoms with Crippen LogP contribution in [0, 0.1) is 40.5 Å². The third kappa shape index (κ3) is 2.51. The molecule has 1 aliphatic heterocycles. The summed E-state index contributed by atoms with van der Waals surface area (Å²) in [6.07, 6.45) is -0.112. The van der Waals surface area contributed by atoms with E-state index < -0.39 is 15.9 Å². The van der Waals surface area contributed by atoms with Gasteiger partial charge in [0.25, 0.3) is 0 Å². The van der Waals surface area contributed by atoms with Gasteiger partial charge in [-0.05, 0) is 74.4 Å². The summed E-state index contributed by atoms with van der Waals surface area (Å²) >= 11 is 0. The van der Waals surface area contributed by atoms with Crippen molar-refractivity contribution >= 4 is 9.84 Å². The standard InChI is InChI=1S/C16H24O3S/c1-9-10(2)12(4)15(13(5)11(9)3)16(17)14-6-7-20(18,19)8-14/h14,16-17H,6-8H2,1-5H3. The molecule has 1 heterocycles. The van der Waals surface area contributed by atoms with Crippen molar-refractivity contribution in [3.8, 4) is 0 Å². The largest absolute Gasteiger partial charge is 0.388 e. The van der Waals surface area contributed by atoms with Crippen LogP contribution in [0.15, 0.2) is 0 Å². The highest BCUT2D eigenvalue weighted by Crippen LogP contribution is 2.37. The average molecular weight is 296 g/mol. The molecular weight excluding hydrogens is 272 g/mol. The summed E-state index contributed by atoms with van der Waals surface area (Å²) in [5.74, 6) is 0.147. The lowest BCUT2D eigenvalue weighted by Gasteiger charge is -2.25. The maximum Gasteiger partial charge on any atom is 0.150 e. The van der Waals surface area contributed by atoms with Gasteiger partial charge < -0.3 is 5.11 Å². The molecule has 2 atom stereocenters. The molecule has 1 aliphatic rings. The lowest BCUT2D eigenvalue weighted by molar-refractivity contribution is 0.119. The maximum atomic E-state index is 11.6. The fourth-order valence-corrected chi connectivity index (χ4v) is 5.11. The molecule has 20 heavy (non-hydrogen) atoms. The van der Waals surface area contributed by atoms with Crippen LogP contribution in [0.2, 0.25) is 0 Å². The minimum Gasteiger partial charge on any atom is -0.388 e. The van der Waals surface area contributed by atoms with Gasteiger partial charge in [-0.2, -0.15) is 0 Å². The number of aliphatic hydroxyl groups excluding tert-OH is 1. The van der Waals surface area contributed by atoms with Gasteiger partial charge in [-0.1, -0.05) is 0 Å². The summed E-state index contributed by atoms with van der Waals surface area (Å²) in [5, 5.41) is 10.7. The third-order valence-electron chi connectivity index (χ3n) is 5.07. The first kappa shape index (κ1) is 15.5. The van der Waals surface area contributed by atoms with Gasteiger partial charge in [0.15, 0.2) is 9.84 Å². The quantitative estimate of drug-likeness (QED) is 0.913. The summed E-state index contributed by atoms with van der Waals surface area (Å²) in [5.41, 5.74) is 6.79. The van der Waals surface area contributed by atoms with Crippen LogP contribution in [0.3, 0.4) is 0 Å². The van der Waals surface area contributed by atoms with Crippen molar-refractivity contribution in [3.63, 3.8) is 0 Å². The number of hydrogen-bond donors (Lipinski definition) is 1. The van der Waals surface area contributed by atoms with Crippen LogP contribution in [0.4, 0.5) is 0 Å². The molecule has 0 spiro atoms. The van der Waals surface area contributed by atoms with E-state index in [0.29, 0.717) is 6.42 Å². The van der Waals surface area contributed by atoms with Gasteiger partial charge in [0.05, 0.1) is 17.6 Å². The van der Waals surface area contributed by atoms with E-state index in [-0.39, 0.29) is 17.4 Å². The van der Waals surface area contributed by atoms with Crippen LogP contribution < -0.4 is 0 Å². The Hall–Kier alpha value is -0.870. The highest BCUT2D eigenvalue weighted by atomic mass is 32.2. The van der Waals surface area contributed by atoms with Crippen molar-refractivity contribution in [2.24, 2.45) is 5.92 Å². The number of hydrogen-bond acceptors (Lipinski definition) is 3. The van der Waals surface area contributed by atoms with Crippen LogP contribution >= 0.6 is 0 Å². The molecule has 0 radical (unpaired) electrons. The monoisotopic (exact) mass is 296 g/mol. The lowest BCUT2D eigenvalue weighted by Crippen LogP contribution is -2.18. The van der Waals surface area contributed by atoms with Gasteiger partial charge in [-0.15, -0.1) is 0 Å². The normalized spacial score (nSPS) is 23.0. The van der Waals surface area contributed by atoms with Crippen molar-refractivity contribution in [1.29, 1.82) is 0 Å². The number of benzene rings is 1. The molecule has 3 nitrogen and oxygen atoms in total. The Morgan fingerprint density at radius 1 is 0.950 bits per heavy atom. The summed E-state index contributed by atoms with van der Waals surface area (Å²) in [4.78, 5) is 0. The highest BCUT2D eigenvalue weighted by molar-refractivity contribution is 7.91. The first-order valence-electron chi connectivity index (χ1n) is 7.11. The van der Waals surface area contributed by atoms with E-state index >= 15 is 0 Å². The zero-order valence-electron chi connectivity index (χ0n) is 12.9. The van der Waals surface area contributed by atoms with Crippen molar-refractivity contribution in [3.05, 3.63) is 33.4 Å². The second-order valence-electron chi connectivity index (χ2n) is 6.15. The van der Waals surface area contributed by atoms with Crippen molar-refractivity contribution in [1.82, 2.24) is 0 Å². The molecule has 2 rings (SSSR count). The second kappa shape index (κ2) is 5.15. The van der Waals surface area contributed by atoms with Crippen LogP contribution in [-0.2, 0) is 9.84 Å². The van der Waals surface area contributed by atoms with E-state index in [1.54, 1.807) is 0 Å². The molecule has 0 aromatic heterocycles. The Kier molecular flexibility index (Phi) is 4.00. The zero-order chi connectivity index (χ0) is 15.2. The molecule has 1 saturated heterocycles. The topological polar surface area (TPSA) is 54.4 Å². The molecule has 1 aromatic rings. The fourth-order valence-electron chi connectivity index (χ4n) is 3.28. The predicted molar refractivity (Wildman–Crippen MR) is 81.8 cm³/mol. The Balaban J connectivity index is 2.48. The average Bonchev–Trinajstić information content (AvgIpc) is 2.74. The van der Waals surface area contributed by atoms with E-state index in [9.17, 15) is 13.5 Å². The summed E-state index contributed by atoms with van der Waals surface area (Å²) in [7, 11) is -2.96. The molecule has 0 bridgehead atoms. The zero-order valence-corrected chi connectivity index (χ0v) is 13.8. The van der Waals surface area contributed by atoms with E-state index in [0.717, 1.165) is 16.7 Å². The van der Waals surface area contributed by atoms with E-state index in [4.69, 9.17) is 0 Å². The SMILES string of the molecule is Cc1c(C)c(C)c(C(O)C2CCS(=O)(=O)C2)c(C)c1C. The van der Waals surface area contributed by atoms with Gasteiger partial charge in [0.2, 0.25) is 0 Å². The van der Waals surface area contributed by atoms with E-state index in [2.05, 4.69) is 20.8 Å². The van der Waals surface area contributed by atoms with Crippen LogP contribution in [0.1, 0.15) is 45.9 Å². The minimum atomic E-state index is -2.96. The summed E-state index contributed by atoms with van der Waals surface area (Å²) < 4.78 is 23.2. The minimum absolute atomic E-state index is 0.110. The molecule has 112 valence electrons. The lowest BCUT2D eigenvalue weighted by atomic mass is 9.83. The Bertz CT molecular complexity index is 615. The smallest absolute Gasteiger partial charge is 0.150 e. The van der Waals surface area contributed by atoms with Crippen LogP contribution in [0.25, 0.3) is 0 Å². The van der Waals surface area contributed by atoms with Crippen molar-refractivity contribution in [2.75, 3.05) is 11.5 Å². The molecule has 0 aliphatic carbocycles. The third-order valence-corrected chi connectivity index (χ3v) is 6.86. The first-order valence-corrected chi connectivity index (χ1v) is 8.93. The van der Waals surface area contributed by atoms with Crippen LogP contribution in [-0.4, -0.2) is 25.0 Å². The van der Waals surface area contributed by atoms with Gasteiger partial charge in [0.1, 0.15) is 0 Å². The number of rotatable bonds is 2. The molecule has 2 unspecified atom stereocenters. The van der Waals surface area contributed by atoms with Crippen LogP contribution in [0.5, 0.6) is 0 Å². The second-order valence-corrected chi connectivity index (χ2v) is 8.38. The van der Waals surface area contributed by atoms with Crippen molar-refractivity contribution < 1.29 is 13.5 Å². The Labute approximate surface area is 121 Å². The van der Waals surface area contributed by atoms with E-state index in [1.165, 1.54) is 16.7 Å². The molecule has 0 amide bonds. The molecule has 1 aromatic carbocycles. The first-order chi connectivity index (χ1) is 9.15. The number of sulfone groups is 1. The van der Waals surface area contributed by atoms with Gasteiger partial charge >= 0.3 is 0 Å². The fraction of sp³-hybridized carbons (Fsp3) is 0.625. The summed E-state index contributed by atoms with van der Waals surface area (Å²) in [6, 6.07) is 0. The molecule has 0 saturated carbocycles. The number of aliphatic hydroxyl groups is 1. The molecule has 1 N–H and O–H groups in total. The predicted octanol–water partition coefficient (Wildman–Crippen LogP) is 2.70. The van der Waals surface area contributed by atoms with Gasteiger partial charge in [-0.25, -0.2) is 8.42 Å².